The van der Waals surface area contributed by atoms with Gasteiger partial charge in [0.05, 0.1) is 5.92 Å². The first-order valence-electron chi connectivity index (χ1n) is 3.07. The van der Waals surface area contributed by atoms with E-state index in [2.05, 4.69) is 6.58 Å². The molecule has 0 unspecified atom stereocenters. The van der Waals surface area contributed by atoms with Crippen LogP contribution < -0.4 is 0 Å². The van der Waals surface area contributed by atoms with Gasteiger partial charge < -0.3 is 4.74 Å². The second-order valence-corrected chi connectivity index (χ2v) is 2.27. The van der Waals surface area contributed by atoms with Gasteiger partial charge in [-0.1, -0.05) is 6.08 Å². The van der Waals surface area contributed by atoms with E-state index in [1.807, 2.05) is 6.92 Å². The zero-order chi connectivity index (χ0) is 6.85. The van der Waals surface area contributed by atoms with Gasteiger partial charge >= 0.3 is 5.97 Å². The molecule has 1 heterocycles. The lowest BCUT2D eigenvalue weighted by Gasteiger charge is -2.31. The third-order valence-electron chi connectivity index (χ3n) is 1.59. The summed E-state index contributed by atoms with van der Waals surface area (Å²) in [4.78, 5) is 10.6. The normalized spacial score (nSPS) is 32.8. The lowest BCUT2D eigenvalue weighted by Crippen LogP contribution is -2.42. The molecule has 1 fully saturated rings. The molecule has 2 atom stereocenters. The number of esters is 1. The lowest BCUT2D eigenvalue weighted by molar-refractivity contribution is -0.181. The summed E-state index contributed by atoms with van der Waals surface area (Å²) in [6.07, 6.45) is 2.61. The van der Waals surface area contributed by atoms with Crippen LogP contribution >= 0.6 is 0 Å². The molecule has 1 aliphatic rings. The van der Waals surface area contributed by atoms with Crippen molar-refractivity contribution in [2.75, 3.05) is 0 Å². The highest BCUT2D eigenvalue weighted by Crippen LogP contribution is 2.24. The van der Waals surface area contributed by atoms with Crippen molar-refractivity contribution in [3.8, 4) is 0 Å². The zero-order valence-corrected chi connectivity index (χ0v) is 5.46. The first-order chi connectivity index (χ1) is 4.25. The van der Waals surface area contributed by atoms with Crippen LogP contribution in [0.5, 0.6) is 0 Å². The number of cyclic esters (lactones) is 1. The van der Waals surface area contributed by atoms with Gasteiger partial charge in [-0.3, -0.25) is 4.79 Å². The molecular formula is C7H10O2. The van der Waals surface area contributed by atoms with Gasteiger partial charge in [0.2, 0.25) is 0 Å². The molecule has 0 radical (unpaired) electrons. The Hall–Kier alpha value is -0.790. The van der Waals surface area contributed by atoms with E-state index in [1.165, 1.54) is 0 Å². The third kappa shape index (κ3) is 0.969. The molecule has 0 saturated carbocycles. The van der Waals surface area contributed by atoms with Crippen LogP contribution in [0.1, 0.15) is 13.3 Å². The van der Waals surface area contributed by atoms with Crippen LogP contribution in [-0.4, -0.2) is 12.1 Å². The van der Waals surface area contributed by atoms with Crippen molar-refractivity contribution in [3.63, 3.8) is 0 Å². The standard InChI is InChI=1S/C7H10O2/c1-3-4-6-5(2)9-7(6)8/h3,5-6H,1,4H2,2H3/t5-,6-/m0/s1. The summed E-state index contributed by atoms with van der Waals surface area (Å²) in [6.45, 7) is 5.44. The topological polar surface area (TPSA) is 26.3 Å². The second-order valence-electron chi connectivity index (χ2n) is 2.27. The molecule has 0 aromatic heterocycles. The van der Waals surface area contributed by atoms with E-state index in [0.717, 1.165) is 6.42 Å². The van der Waals surface area contributed by atoms with Crippen molar-refractivity contribution in [1.82, 2.24) is 0 Å². The van der Waals surface area contributed by atoms with Crippen LogP contribution in [0.2, 0.25) is 0 Å². The van der Waals surface area contributed by atoms with E-state index in [1.54, 1.807) is 6.08 Å². The number of carbonyl (C=O) groups excluding carboxylic acids is 1. The number of allylic oxidation sites excluding steroid dienone is 1. The fraction of sp³-hybridized carbons (Fsp3) is 0.571. The summed E-state index contributed by atoms with van der Waals surface area (Å²) in [5, 5.41) is 0. The SMILES string of the molecule is C=CC[C@@H]1C(=O)O[C@H]1C. The van der Waals surface area contributed by atoms with Gasteiger partial charge in [-0.05, 0) is 13.3 Å². The molecule has 0 amide bonds. The van der Waals surface area contributed by atoms with Crippen LogP contribution in [0.25, 0.3) is 0 Å². The smallest absolute Gasteiger partial charge is 0.313 e. The molecule has 2 nitrogen and oxygen atoms in total. The summed E-state index contributed by atoms with van der Waals surface area (Å²) in [6, 6.07) is 0. The van der Waals surface area contributed by atoms with Gasteiger partial charge in [0, 0.05) is 0 Å². The van der Waals surface area contributed by atoms with Crippen LogP contribution in [0.4, 0.5) is 0 Å². The Kier molecular flexibility index (Phi) is 1.56. The molecule has 0 aromatic rings. The van der Waals surface area contributed by atoms with Gasteiger partial charge in [0.1, 0.15) is 6.10 Å². The van der Waals surface area contributed by atoms with E-state index in [9.17, 15) is 4.79 Å². The minimum Gasteiger partial charge on any atom is -0.461 e. The van der Waals surface area contributed by atoms with Gasteiger partial charge in [-0.25, -0.2) is 0 Å². The maximum absolute atomic E-state index is 10.6. The maximum atomic E-state index is 10.6. The van der Waals surface area contributed by atoms with Gasteiger partial charge in [-0.15, -0.1) is 6.58 Å². The van der Waals surface area contributed by atoms with Crippen molar-refractivity contribution in [3.05, 3.63) is 12.7 Å². The van der Waals surface area contributed by atoms with E-state index >= 15 is 0 Å². The Labute approximate surface area is 54.5 Å². The van der Waals surface area contributed by atoms with E-state index < -0.39 is 0 Å². The van der Waals surface area contributed by atoms with Gasteiger partial charge in [0.25, 0.3) is 0 Å². The van der Waals surface area contributed by atoms with Crippen LogP contribution in [-0.2, 0) is 9.53 Å². The molecule has 0 aliphatic carbocycles. The molecule has 9 heavy (non-hydrogen) atoms. The molecule has 0 bridgehead atoms. The molecule has 1 rings (SSSR count). The quantitative estimate of drug-likeness (QED) is 0.409. The molecule has 50 valence electrons. The highest BCUT2D eigenvalue weighted by atomic mass is 16.6. The summed E-state index contributed by atoms with van der Waals surface area (Å²) < 4.78 is 4.72. The van der Waals surface area contributed by atoms with Crippen molar-refractivity contribution in [2.45, 2.75) is 19.4 Å². The van der Waals surface area contributed by atoms with Crippen molar-refractivity contribution in [2.24, 2.45) is 5.92 Å². The predicted octanol–water partition coefficient (Wildman–Crippen LogP) is 1.12. The monoisotopic (exact) mass is 126 g/mol. The molecule has 0 aromatic carbocycles. The van der Waals surface area contributed by atoms with Crippen molar-refractivity contribution < 1.29 is 9.53 Å². The van der Waals surface area contributed by atoms with Gasteiger partial charge in [0.15, 0.2) is 0 Å². The van der Waals surface area contributed by atoms with Crippen LogP contribution in [0.3, 0.4) is 0 Å². The molecule has 1 aliphatic heterocycles. The summed E-state index contributed by atoms with van der Waals surface area (Å²) in [5.74, 6) is 0.00454. The Morgan fingerprint density at radius 2 is 2.56 bits per heavy atom. The summed E-state index contributed by atoms with van der Waals surface area (Å²) in [5.41, 5.74) is 0. The fourth-order valence-electron chi connectivity index (χ4n) is 0.939. The van der Waals surface area contributed by atoms with E-state index in [0.29, 0.717) is 0 Å². The minimum absolute atomic E-state index is 0.0811. The first-order valence-corrected chi connectivity index (χ1v) is 3.07. The highest BCUT2D eigenvalue weighted by molar-refractivity contribution is 5.78. The average molecular weight is 126 g/mol. The second kappa shape index (κ2) is 2.21. The number of rotatable bonds is 2. The third-order valence-corrected chi connectivity index (χ3v) is 1.59. The van der Waals surface area contributed by atoms with Crippen molar-refractivity contribution >= 4 is 5.97 Å². The Morgan fingerprint density at radius 1 is 1.89 bits per heavy atom. The highest BCUT2D eigenvalue weighted by Gasteiger charge is 2.37. The summed E-state index contributed by atoms with van der Waals surface area (Å²) >= 11 is 0. The molecule has 2 heteroatoms. The van der Waals surface area contributed by atoms with Crippen molar-refractivity contribution in [1.29, 1.82) is 0 Å². The largest absolute Gasteiger partial charge is 0.461 e. The first kappa shape index (κ1) is 6.33. The average Bonchev–Trinajstić information content (AvgIpc) is 1.84. The number of ether oxygens (including phenoxy) is 1. The molecular weight excluding hydrogens is 116 g/mol. The maximum Gasteiger partial charge on any atom is 0.313 e. The minimum atomic E-state index is -0.0811. The number of carbonyl (C=O) groups is 1. The zero-order valence-electron chi connectivity index (χ0n) is 5.46. The number of hydrogen-bond donors (Lipinski definition) is 0. The Bertz CT molecular complexity index is 140. The molecule has 0 N–H and O–H groups in total. The van der Waals surface area contributed by atoms with Crippen LogP contribution in [0.15, 0.2) is 12.7 Å². The fourth-order valence-corrected chi connectivity index (χ4v) is 0.939. The molecule has 0 spiro atoms. The number of hydrogen-bond acceptors (Lipinski definition) is 2. The predicted molar refractivity (Wildman–Crippen MR) is 33.9 cm³/mol. The molecule has 1 saturated heterocycles. The van der Waals surface area contributed by atoms with E-state index in [4.69, 9.17) is 4.74 Å². The van der Waals surface area contributed by atoms with E-state index in [-0.39, 0.29) is 18.0 Å². The van der Waals surface area contributed by atoms with Crippen LogP contribution in [0, 0.1) is 5.92 Å². The lowest BCUT2D eigenvalue weighted by atomic mass is 9.95. The summed E-state index contributed by atoms with van der Waals surface area (Å²) in [7, 11) is 0. The Morgan fingerprint density at radius 3 is 2.78 bits per heavy atom. The van der Waals surface area contributed by atoms with Gasteiger partial charge in [-0.2, -0.15) is 0 Å². The Balaban J connectivity index is 2.39.